The fraction of sp³-hybridized carbons (Fsp3) is 0.533. The minimum absolute atomic E-state index is 0.684. The molecule has 0 amide bonds. The Morgan fingerprint density at radius 1 is 1.18 bits per heavy atom. The average Bonchev–Trinajstić information content (AvgIpc) is 2.39. The van der Waals surface area contributed by atoms with E-state index in [0.717, 1.165) is 31.8 Å². The predicted molar refractivity (Wildman–Crippen MR) is 70.0 cm³/mol. The highest BCUT2D eigenvalue weighted by Crippen LogP contribution is 2.21. The molecule has 0 atom stereocenters. The van der Waals surface area contributed by atoms with Crippen LogP contribution >= 0.6 is 0 Å². The molecular weight excluding hydrogens is 210 g/mol. The third-order valence-corrected chi connectivity index (χ3v) is 3.64. The maximum atomic E-state index is 10.3. The highest BCUT2D eigenvalue weighted by molar-refractivity contribution is 5.49. The summed E-state index contributed by atoms with van der Waals surface area (Å²) in [6.07, 6.45) is 5.46. The number of aldehydes is 1. The number of likely N-dealkylation sites (tertiary alicyclic amines) is 1. The van der Waals surface area contributed by atoms with Crippen molar-refractivity contribution in [1.82, 2.24) is 4.90 Å². The van der Waals surface area contributed by atoms with Gasteiger partial charge in [0.05, 0.1) is 0 Å². The summed E-state index contributed by atoms with van der Waals surface area (Å²) in [5.74, 6) is 0.824. The van der Waals surface area contributed by atoms with Crippen LogP contribution in [0.5, 0.6) is 0 Å². The predicted octanol–water partition coefficient (Wildman–Crippen LogP) is 2.53. The zero-order valence-electron chi connectivity index (χ0n) is 10.3. The maximum absolute atomic E-state index is 10.3. The SMILES string of the molecule is O=CCCN1CCC(Cc2ccccc2)CC1. The van der Waals surface area contributed by atoms with Crippen molar-refractivity contribution in [2.45, 2.75) is 25.7 Å². The fourth-order valence-corrected chi connectivity index (χ4v) is 2.60. The molecule has 1 aliphatic heterocycles. The molecule has 1 aliphatic rings. The average molecular weight is 231 g/mol. The van der Waals surface area contributed by atoms with Crippen LogP contribution in [-0.4, -0.2) is 30.8 Å². The van der Waals surface area contributed by atoms with Gasteiger partial charge in [0, 0.05) is 13.0 Å². The second kappa shape index (κ2) is 6.55. The number of rotatable bonds is 5. The van der Waals surface area contributed by atoms with Crippen molar-refractivity contribution in [1.29, 1.82) is 0 Å². The van der Waals surface area contributed by atoms with E-state index in [4.69, 9.17) is 0 Å². The zero-order valence-corrected chi connectivity index (χ0v) is 10.3. The first-order valence-corrected chi connectivity index (χ1v) is 6.58. The Hall–Kier alpha value is -1.15. The Morgan fingerprint density at radius 2 is 1.88 bits per heavy atom. The second-order valence-electron chi connectivity index (χ2n) is 4.93. The van der Waals surface area contributed by atoms with Crippen molar-refractivity contribution in [3.05, 3.63) is 35.9 Å². The number of carbonyl (C=O) groups is 1. The molecule has 1 saturated heterocycles. The van der Waals surface area contributed by atoms with Gasteiger partial charge >= 0.3 is 0 Å². The molecule has 1 fully saturated rings. The van der Waals surface area contributed by atoms with Crippen molar-refractivity contribution in [3.8, 4) is 0 Å². The number of hydrogen-bond acceptors (Lipinski definition) is 2. The summed E-state index contributed by atoms with van der Waals surface area (Å²) in [4.78, 5) is 12.7. The third-order valence-electron chi connectivity index (χ3n) is 3.64. The standard InChI is InChI=1S/C15H21NO/c17-12-4-9-16-10-7-15(8-11-16)13-14-5-2-1-3-6-14/h1-3,5-6,12,15H,4,7-11,13H2. The Bertz CT molecular complexity index is 328. The van der Waals surface area contributed by atoms with Gasteiger partial charge in [-0.3, -0.25) is 0 Å². The topological polar surface area (TPSA) is 20.3 Å². The van der Waals surface area contributed by atoms with E-state index in [1.807, 2.05) is 0 Å². The number of carbonyl (C=O) groups excluding carboxylic acids is 1. The normalized spacial score (nSPS) is 18.1. The van der Waals surface area contributed by atoms with Crippen LogP contribution in [0.1, 0.15) is 24.8 Å². The van der Waals surface area contributed by atoms with Gasteiger partial charge in [-0.1, -0.05) is 30.3 Å². The van der Waals surface area contributed by atoms with Gasteiger partial charge in [0.25, 0.3) is 0 Å². The summed E-state index contributed by atoms with van der Waals surface area (Å²) in [5, 5.41) is 0. The maximum Gasteiger partial charge on any atom is 0.121 e. The molecule has 17 heavy (non-hydrogen) atoms. The highest BCUT2D eigenvalue weighted by Gasteiger charge is 2.18. The molecule has 2 heteroatoms. The monoisotopic (exact) mass is 231 g/mol. The van der Waals surface area contributed by atoms with Crippen LogP contribution < -0.4 is 0 Å². The number of benzene rings is 1. The molecule has 0 spiro atoms. The lowest BCUT2D eigenvalue weighted by Crippen LogP contribution is -2.35. The van der Waals surface area contributed by atoms with Gasteiger partial charge in [-0.15, -0.1) is 0 Å². The van der Waals surface area contributed by atoms with Crippen LogP contribution in [0.15, 0.2) is 30.3 Å². The van der Waals surface area contributed by atoms with Gasteiger partial charge in [0.2, 0.25) is 0 Å². The molecule has 1 aromatic carbocycles. The van der Waals surface area contributed by atoms with E-state index in [0.29, 0.717) is 6.42 Å². The van der Waals surface area contributed by atoms with Crippen molar-refractivity contribution >= 4 is 6.29 Å². The largest absolute Gasteiger partial charge is 0.303 e. The Morgan fingerprint density at radius 3 is 2.53 bits per heavy atom. The molecular formula is C15H21NO. The van der Waals surface area contributed by atoms with Gasteiger partial charge in [-0.2, -0.15) is 0 Å². The third kappa shape index (κ3) is 3.97. The van der Waals surface area contributed by atoms with Crippen LogP contribution in [-0.2, 0) is 11.2 Å². The number of piperidine rings is 1. The summed E-state index contributed by atoms with van der Waals surface area (Å²) >= 11 is 0. The van der Waals surface area contributed by atoms with Crippen LogP contribution in [0.2, 0.25) is 0 Å². The summed E-state index contributed by atoms with van der Waals surface area (Å²) in [6, 6.07) is 10.8. The van der Waals surface area contributed by atoms with Crippen molar-refractivity contribution in [3.63, 3.8) is 0 Å². The van der Waals surface area contributed by atoms with Crippen molar-refractivity contribution in [2.75, 3.05) is 19.6 Å². The first-order chi connectivity index (χ1) is 8.38. The van der Waals surface area contributed by atoms with Crippen LogP contribution in [0.4, 0.5) is 0 Å². The summed E-state index contributed by atoms with van der Waals surface area (Å²) < 4.78 is 0. The number of nitrogens with zero attached hydrogens (tertiary/aromatic N) is 1. The van der Waals surface area contributed by atoms with Gasteiger partial charge < -0.3 is 9.69 Å². The first-order valence-electron chi connectivity index (χ1n) is 6.58. The van der Waals surface area contributed by atoms with Crippen LogP contribution in [0.25, 0.3) is 0 Å². The zero-order chi connectivity index (χ0) is 11.9. The van der Waals surface area contributed by atoms with E-state index in [9.17, 15) is 4.79 Å². The Kier molecular flexibility index (Phi) is 4.75. The van der Waals surface area contributed by atoms with Gasteiger partial charge in [0.1, 0.15) is 6.29 Å². The van der Waals surface area contributed by atoms with E-state index in [1.54, 1.807) is 0 Å². The quantitative estimate of drug-likeness (QED) is 0.726. The molecule has 0 aliphatic carbocycles. The summed E-state index contributed by atoms with van der Waals surface area (Å²) in [7, 11) is 0. The Labute approximate surface area is 104 Å². The second-order valence-corrected chi connectivity index (χ2v) is 4.93. The Balaban J connectivity index is 1.74. The summed E-state index contributed by atoms with van der Waals surface area (Å²) in [6.45, 7) is 3.26. The smallest absolute Gasteiger partial charge is 0.121 e. The van der Waals surface area contributed by atoms with Crippen LogP contribution in [0.3, 0.4) is 0 Å². The highest BCUT2D eigenvalue weighted by atomic mass is 16.1. The van der Waals surface area contributed by atoms with Crippen molar-refractivity contribution in [2.24, 2.45) is 5.92 Å². The minimum atomic E-state index is 0.684. The van der Waals surface area contributed by atoms with Crippen molar-refractivity contribution < 1.29 is 4.79 Å². The lowest BCUT2D eigenvalue weighted by Gasteiger charge is -2.31. The van der Waals surface area contributed by atoms with E-state index in [-0.39, 0.29) is 0 Å². The lowest BCUT2D eigenvalue weighted by atomic mass is 9.90. The molecule has 0 bridgehead atoms. The molecule has 2 rings (SSSR count). The van der Waals surface area contributed by atoms with E-state index in [1.165, 1.54) is 24.8 Å². The van der Waals surface area contributed by atoms with E-state index in [2.05, 4.69) is 35.2 Å². The minimum Gasteiger partial charge on any atom is -0.303 e. The molecule has 0 radical (unpaired) electrons. The van der Waals surface area contributed by atoms with Gasteiger partial charge in [-0.25, -0.2) is 0 Å². The molecule has 0 N–H and O–H groups in total. The molecule has 0 aromatic heterocycles. The van der Waals surface area contributed by atoms with Crippen LogP contribution in [0, 0.1) is 5.92 Å². The molecule has 2 nitrogen and oxygen atoms in total. The van der Waals surface area contributed by atoms with E-state index < -0.39 is 0 Å². The molecule has 0 saturated carbocycles. The molecule has 92 valence electrons. The lowest BCUT2D eigenvalue weighted by molar-refractivity contribution is -0.108. The molecule has 1 heterocycles. The van der Waals surface area contributed by atoms with Gasteiger partial charge in [-0.05, 0) is 43.8 Å². The molecule has 0 unspecified atom stereocenters. The fourth-order valence-electron chi connectivity index (χ4n) is 2.60. The first kappa shape index (κ1) is 12.3. The number of hydrogen-bond donors (Lipinski definition) is 0. The van der Waals surface area contributed by atoms with Gasteiger partial charge in [0.15, 0.2) is 0 Å². The summed E-state index contributed by atoms with van der Waals surface area (Å²) in [5.41, 5.74) is 1.46. The molecule has 1 aromatic rings. The van der Waals surface area contributed by atoms with E-state index >= 15 is 0 Å².